The molecule has 0 aromatic carbocycles. The SMILES string of the molecule is Cc1[nH]nc2c1C(O)CC(CCC(=O)O)C2. The number of aromatic nitrogens is 2. The second kappa shape index (κ2) is 4.25. The Balaban J connectivity index is 2.06. The molecule has 1 aromatic heterocycles. The highest BCUT2D eigenvalue weighted by Crippen LogP contribution is 2.35. The molecule has 0 aliphatic heterocycles. The number of nitrogens with zero attached hydrogens (tertiary/aromatic N) is 1. The summed E-state index contributed by atoms with van der Waals surface area (Å²) in [4.78, 5) is 10.5. The van der Waals surface area contributed by atoms with Crippen molar-refractivity contribution in [2.45, 2.75) is 38.7 Å². The number of H-pyrrole nitrogens is 1. The molecular formula is C11H16N2O3. The van der Waals surface area contributed by atoms with Crippen molar-refractivity contribution in [3.63, 3.8) is 0 Å². The van der Waals surface area contributed by atoms with Gasteiger partial charge >= 0.3 is 5.97 Å². The molecule has 2 rings (SSSR count). The lowest BCUT2D eigenvalue weighted by molar-refractivity contribution is -0.137. The Morgan fingerprint density at radius 2 is 2.38 bits per heavy atom. The van der Waals surface area contributed by atoms with Gasteiger partial charge in [-0.15, -0.1) is 0 Å². The van der Waals surface area contributed by atoms with E-state index in [2.05, 4.69) is 10.2 Å². The standard InChI is InChI=1S/C11H16N2O3/c1-6-11-8(13-12-6)4-7(5-9(11)14)2-3-10(15)16/h7,9,14H,2-5H2,1H3,(H,12,13)(H,15,16). The minimum Gasteiger partial charge on any atom is -0.481 e. The second-order valence-electron chi connectivity index (χ2n) is 4.46. The molecule has 1 heterocycles. The first-order valence-electron chi connectivity index (χ1n) is 5.51. The smallest absolute Gasteiger partial charge is 0.303 e. The van der Waals surface area contributed by atoms with E-state index in [1.165, 1.54) is 0 Å². The molecule has 1 aromatic rings. The van der Waals surface area contributed by atoms with E-state index in [0.29, 0.717) is 12.8 Å². The number of hydrogen-bond donors (Lipinski definition) is 3. The van der Waals surface area contributed by atoms with Gasteiger partial charge in [0.2, 0.25) is 0 Å². The molecular weight excluding hydrogens is 208 g/mol. The van der Waals surface area contributed by atoms with Crippen LogP contribution in [-0.2, 0) is 11.2 Å². The molecule has 88 valence electrons. The van der Waals surface area contributed by atoms with Crippen LogP contribution >= 0.6 is 0 Å². The topological polar surface area (TPSA) is 86.2 Å². The highest BCUT2D eigenvalue weighted by atomic mass is 16.4. The van der Waals surface area contributed by atoms with Gasteiger partial charge in [0.1, 0.15) is 0 Å². The lowest BCUT2D eigenvalue weighted by atomic mass is 9.82. The lowest BCUT2D eigenvalue weighted by Crippen LogP contribution is -2.19. The summed E-state index contributed by atoms with van der Waals surface area (Å²) in [5.41, 5.74) is 2.72. The molecule has 2 unspecified atom stereocenters. The molecule has 0 spiro atoms. The number of carboxylic acids is 1. The summed E-state index contributed by atoms with van der Waals surface area (Å²) in [6, 6.07) is 0. The molecule has 0 bridgehead atoms. The molecule has 0 amide bonds. The van der Waals surface area contributed by atoms with Gasteiger partial charge in [0, 0.05) is 17.7 Å². The van der Waals surface area contributed by atoms with Crippen molar-refractivity contribution in [3.05, 3.63) is 17.0 Å². The van der Waals surface area contributed by atoms with Gasteiger partial charge in [0.15, 0.2) is 0 Å². The normalized spacial score (nSPS) is 24.1. The van der Waals surface area contributed by atoms with Crippen molar-refractivity contribution < 1.29 is 15.0 Å². The van der Waals surface area contributed by atoms with E-state index in [1.54, 1.807) is 0 Å². The van der Waals surface area contributed by atoms with Crippen LogP contribution in [0, 0.1) is 12.8 Å². The molecule has 1 aliphatic carbocycles. The molecule has 0 saturated carbocycles. The van der Waals surface area contributed by atoms with Gasteiger partial charge < -0.3 is 10.2 Å². The third kappa shape index (κ3) is 2.09. The number of rotatable bonds is 3. The van der Waals surface area contributed by atoms with E-state index in [-0.39, 0.29) is 12.3 Å². The fourth-order valence-corrected chi connectivity index (χ4v) is 2.42. The summed E-state index contributed by atoms with van der Waals surface area (Å²) in [5, 5.41) is 25.6. The number of carbonyl (C=O) groups is 1. The number of aliphatic hydroxyl groups excluding tert-OH is 1. The summed E-state index contributed by atoms with van der Waals surface area (Å²) in [6.07, 6.45) is 1.68. The maximum atomic E-state index is 10.5. The van der Waals surface area contributed by atoms with E-state index >= 15 is 0 Å². The fourth-order valence-electron chi connectivity index (χ4n) is 2.42. The van der Waals surface area contributed by atoms with Crippen LogP contribution in [-0.4, -0.2) is 26.4 Å². The van der Waals surface area contributed by atoms with Crippen LogP contribution in [0.2, 0.25) is 0 Å². The highest BCUT2D eigenvalue weighted by molar-refractivity contribution is 5.66. The van der Waals surface area contributed by atoms with Crippen molar-refractivity contribution in [3.8, 4) is 0 Å². The van der Waals surface area contributed by atoms with Gasteiger partial charge in [-0.3, -0.25) is 9.89 Å². The van der Waals surface area contributed by atoms with Crippen LogP contribution in [0.3, 0.4) is 0 Å². The van der Waals surface area contributed by atoms with E-state index in [1.807, 2.05) is 6.92 Å². The number of hydrogen-bond acceptors (Lipinski definition) is 3. The average Bonchev–Trinajstić information content (AvgIpc) is 2.58. The Bertz CT molecular complexity index is 400. The molecule has 5 heteroatoms. The maximum absolute atomic E-state index is 10.5. The Hall–Kier alpha value is -1.36. The molecule has 0 radical (unpaired) electrons. The zero-order chi connectivity index (χ0) is 11.7. The van der Waals surface area contributed by atoms with Crippen LogP contribution in [0.1, 0.15) is 42.3 Å². The van der Waals surface area contributed by atoms with E-state index in [0.717, 1.165) is 23.4 Å². The van der Waals surface area contributed by atoms with Gasteiger partial charge in [0.05, 0.1) is 11.8 Å². The first kappa shape index (κ1) is 11.1. The third-order valence-electron chi connectivity index (χ3n) is 3.21. The van der Waals surface area contributed by atoms with Gasteiger partial charge in [-0.2, -0.15) is 5.10 Å². The molecule has 5 nitrogen and oxygen atoms in total. The Kier molecular flexibility index (Phi) is 2.96. The Labute approximate surface area is 93.5 Å². The van der Waals surface area contributed by atoms with Gasteiger partial charge in [-0.25, -0.2) is 0 Å². The number of aliphatic carboxylic acids is 1. The second-order valence-corrected chi connectivity index (χ2v) is 4.46. The number of aromatic amines is 1. The van der Waals surface area contributed by atoms with E-state index < -0.39 is 12.1 Å². The number of fused-ring (bicyclic) bond motifs is 1. The first-order chi connectivity index (χ1) is 7.58. The van der Waals surface area contributed by atoms with Crippen LogP contribution in [0.25, 0.3) is 0 Å². The van der Waals surface area contributed by atoms with Crippen LogP contribution in [0.5, 0.6) is 0 Å². The number of aliphatic hydroxyl groups is 1. The third-order valence-corrected chi connectivity index (χ3v) is 3.21. The molecule has 16 heavy (non-hydrogen) atoms. The van der Waals surface area contributed by atoms with E-state index in [4.69, 9.17) is 5.11 Å². The van der Waals surface area contributed by atoms with Crippen LogP contribution in [0.4, 0.5) is 0 Å². The maximum Gasteiger partial charge on any atom is 0.303 e. The summed E-state index contributed by atoms with van der Waals surface area (Å²) in [6.45, 7) is 1.90. The summed E-state index contributed by atoms with van der Waals surface area (Å²) in [5.74, 6) is -0.556. The van der Waals surface area contributed by atoms with Crippen molar-refractivity contribution in [2.75, 3.05) is 0 Å². The molecule has 3 N–H and O–H groups in total. The van der Waals surface area contributed by atoms with Crippen molar-refractivity contribution in [2.24, 2.45) is 5.92 Å². The average molecular weight is 224 g/mol. The van der Waals surface area contributed by atoms with Crippen LogP contribution in [0.15, 0.2) is 0 Å². The predicted molar refractivity (Wildman–Crippen MR) is 57.0 cm³/mol. The van der Waals surface area contributed by atoms with Gasteiger partial charge in [-0.1, -0.05) is 0 Å². The van der Waals surface area contributed by atoms with Crippen LogP contribution < -0.4 is 0 Å². The summed E-state index contributed by atoms with van der Waals surface area (Å²) in [7, 11) is 0. The molecule has 1 aliphatic rings. The minimum absolute atomic E-state index is 0.163. The van der Waals surface area contributed by atoms with Gasteiger partial charge in [0.25, 0.3) is 0 Å². The monoisotopic (exact) mass is 224 g/mol. The van der Waals surface area contributed by atoms with Crippen molar-refractivity contribution >= 4 is 5.97 Å². The largest absolute Gasteiger partial charge is 0.481 e. The zero-order valence-corrected chi connectivity index (χ0v) is 9.23. The van der Waals surface area contributed by atoms with Gasteiger partial charge in [-0.05, 0) is 32.1 Å². The number of aryl methyl sites for hydroxylation is 1. The number of carboxylic acid groups (broad SMARTS) is 1. The molecule has 0 fully saturated rings. The highest BCUT2D eigenvalue weighted by Gasteiger charge is 2.29. The summed E-state index contributed by atoms with van der Waals surface area (Å²) < 4.78 is 0. The van der Waals surface area contributed by atoms with E-state index in [9.17, 15) is 9.90 Å². The first-order valence-corrected chi connectivity index (χ1v) is 5.51. The van der Waals surface area contributed by atoms with Crippen molar-refractivity contribution in [1.82, 2.24) is 10.2 Å². The minimum atomic E-state index is -0.779. The number of nitrogens with one attached hydrogen (secondary N) is 1. The van der Waals surface area contributed by atoms with Crippen molar-refractivity contribution in [1.29, 1.82) is 0 Å². The molecule has 0 saturated heterocycles. The Morgan fingerprint density at radius 3 is 3.06 bits per heavy atom. The zero-order valence-electron chi connectivity index (χ0n) is 9.23. The lowest BCUT2D eigenvalue weighted by Gasteiger charge is -2.25. The predicted octanol–water partition coefficient (Wildman–Crippen LogP) is 1.18. The quantitative estimate of drug-likeness (QED) is 0.719. The Morgan fingerprint density at radius 1 is 1.62 bits per heavy atom. The molecule has 2 atom stereocenters. The fraction of sp³-hybridized carbons (Fsp3) is 0.636. The summed E-state index contributed by atoms with van der Waals surface area (Å²) >= 11 is 0.